The van der Waals surface area contributed by atoms with Gasteiger partial charge in [0.2, 0.25) is 0 Å². The predicted molar refractivity (Wildman–Crippen MR) is 114 cm³/mol. The van der Waals surface area contributed by atoms with Crippen LogP contribution in [0.25, 0.3) is 0 Å². The number of aliphatic imine (C=N–C) groups is 1. The molecule has 1 aliphatic heterocycles. The van der Waals surface area contributed by atoms with Crippen LogP contribution in [0.2, 0.25) is 5.02 Å². The Kier molecular flexibility index (Phi) is 8.11. The Balaban J connectivity index is 1.42. The molecule has 1 N–H and O–H groups in total. The molecule has 0 bridgehead atoms. The van der Waals surface area contributed by atoms with E-state index in [-0.39, 0.29) is 0 Å². The van der Waals surface area contributed by atoms with Crippen LogP contribution in [-0.2, 0) is 13.1 Å². The number of hydrogen-bond acceptors (Lipinski definition) is 4. The Morgan fingerprint density at radius 2 is 1.93 bits per heavy atom. The fourth-order valence-electron chi connectivity index (χ4n) is 3.37. The molecule has 7 nitrogen and oxygen atoms in total. The molecule has 1 aliphatic rings. The van der Waals surface area contributed by atoms with Crippen molar-refractivity contribution in [2.45, 2.75) is 32.9 Å². The van der Waals surface area contributed by atoms with Gasteiger partial charge in [0.05, 0.1) is 0 Å². The van der Waals surface area contributed by atoms with Crippen LogP contribution in [0.1, 0.15) is 25.3 Å². The number of guanidine groups is 1. The Hall–Kier alpha value is -2.12. The highest BCUT2D eigenvalue weighted by atomic mass is 35.5. The first-order chi connectivity index (χ1) is 13.7. The lowest BCUT2D eigenvalue weighted by Crippen LogP contribution is -2.52. The Morgan fingerprint density at radius 1 is 1.14 bits per heavy atom. The van der Waals surface area contributed by atoms with Crippen molar-refractivity contribution in [2.24, 2.45) is 4.99 Å². The Labute approximate surface area is 172 Å². The van der Waals surface area contributed by atoms with E-state index in [0.29, 0.717) is 0 Å². The molecule has 0 atom stereocenters. The van der Waals surface area contributed by atoms with E-state index in [9.17, 15) is 0 Å². The molecule has 152 valence electrons. The number of benzene rings is 1. The molecule has 1 aromatic heterocycles. The number of nitrogens with zero attached hydrogens (tertiary/aromatic N) is 6. The minimum atomic E-state index is 0.807. The Bertz CT molecular complexity index is 724. The van der Waals surface area contributed by atoms with Gasteiger partial charge in [0, 0.05) is 57.4 Å². The highest BCUT2D eigenvalue weighted by Gasteiger charge is 2.19. The van der Waals surface area contributed by atoms with Crippen LogP contribution in [0.15, 0.2) is 41.9 Å². The molecule has 0 radical (unpaired) electrons. The van der Waals surface area contributed by atoms with Gasteiger partial charge in [-0.3, -0.25) is 9.89 Å². The fourth-order valence-corrected chi connectivity index (χ4v) is 3.58. The van der Waals surface area contributed by atoms with Gasteiger partial charge in [0.25, 0.3) is 0 Å². The van der Waals surface area contributed by atoms with Crippen LogP contribution in [0.5, 0.6) is 0 Å². The van der Waals surface area contributed by atoms with E-state index in [0.717, 1.165) is 76.2 Å². The SMILES string of the molecule is CCNC(=NCCCCn1cnnc1)N1CCN(Cc2cccc(Cl)c2)CC1. The summed E-state index contributed by atoms with van der Waals surface area (Å²) in [5.74, 6) is 1.04. The minimum Gasteiger partial charge on any atom is -0.357 e. The highest BCUT2D eigenvalue weighted by molar-refractivity contribution is 6.30. The number of piperazine rings is 1. The van der Waals surface area contributed by atoms with Gasteiger partial charge in [-0.2, -0.15) is 0 Å². The van der Waals surface area contributed by atoms with Crippen LogP contribution in [0, 0.1) is 0 Å². The first-order valence-corrected chi connectivity index (χ1v) is 10.4. The largest absolute Gasteiger partial charge is 0.357 e. The summed E-state index contributed by atoms with van der Waals surface area (Å²) >= 11 is 6.10. The van der Waals surface area contributed by atoms with Gasteiger partial charge in [0.15, 0.2) is 5.96 Å². The summed E-state index contributed by atoms with van der Waals surface area (Å²) in [7, 11) is 0. The van der Waals surface area contributed by atoms with Crippen molar-refractivity contribution in [1.29, 1.82) is 0 Å². The molecule has 0 amide bonds. The number of hydrogen-bond donors (Lipinski definition) is 1. The third-order valence-electron chi connectivity index (χ3n) is 4.85. The van der Waals surface area contributed by atoms with E-state index in [1.54, 1.807) is 12.7 Å². The summed E-state index contributed by atoms with van der Waals surface area (Å²) in [5.41, 5.74) is 1.27. The van der Waals surface area contributed by atoms with E-state index in [1.807, 2.05) is 16.7 Å². The normalized spacial score (nSPS) is 15.8. The third-order valence-corrected chi connectivity index (χ3v) is 5.09. The molecule has 1 saturated heterocycles. The van der Waals surface area contributed by atoms with E-state index < -0.39 is 0 Å². The number of nitrogens with one attached hydrogen (secondary N) is 1. The summed E-state index contributed by atoms with van der Waals surface area (Å²) in [6.45, 7) is 9.80. The van der Waals surface area contributed by atoms with Crippen molar-refractivity contribution in [3.63, 3.8) is 0 Å². The maximum absolute atomic E-state index is 6.10. The highest BCUT2D eigenvalue weighted by Crippen LogP contribution is 2.14. The topological polar surface area (TPSA) is 61.6 Å². The van der Waals surface area contributed by atoms with Gasteiger partial charge < -0.3 is 14.8 Å². The van der Waals surface area contributed by atoms with Gasteiger partial charge in [-0.05, 0) is 37.5 Å². The number of rotatable bonds is 8. The van der Waals surface area contributed by atoms with Crippen LogP contribution in [-0.4, -0.2) is 69.8 Å². The van der Waals surface area contributed by atoms with Gasteiger partial charge in [-0.15, -0.1) is 10.2 Å². The molecular weight excluding hydrogens is 374 g/mol. The summed E-state index contributed by atoms with van der Waals surface area (Å²) in [4.78, 5) is 9.68. The summed E-state index contributed by atoms with van der Waals surface area (Å²) in [6, 6.07) is 8.14. The third kappa shape index (κ3) is 6.49. The molecule has 0 saturated carbocycles. The first kappa shape index (κ1) is 20.6. The van der Waals surface area contributed by atoms with E-state index in [2.05, 4.69) is 44.4 Å². The molecule has 0 aliphatic carbocycles. The average Bonchev–Trinajstić information content (AvgIpc) is 3.21. The standard InChI is InChI=1S/C20H30ClN7/c1-2-22-20(23-8-3-4-9-27-16-24-25-17-27)28-12-10-26(11-13-28)15-18-6-5-7-19(21)14-18/h5-7,14,16-17H,2-4,8-13,15H2,1H3,(H,22,23). The fraction of sp³-hybridized carbons (Fsp3) is 0.550. The number of aryl methyl sites for hydroxylation is 1. The van der Waals surface area contributed by atoms with E-state index in [4.69, 9.17) is 16.6 Å². The zero-order valence-corrected chi connectivity index (χ0v) is 17.4. The molecule has 0 unspecified atom stereocenters. The smallest absolute Gasteiger partial charge is 0.194 e. The quantitative estimate of drug-likeness (QED) is 0.417. The molecular formula is C20H30ClN7. The number of aromatic nitrogens is 3. The minimum absolute atomic E-state index is 0.807. The predicted octanol–water partition coefficient (Wildman–Crippen LogP) is 2.50. The second kappa shape index (κ2) is 11.0. The van der Waals surface area contributed by atoms with Crippen molar-refractivity contribution >= 4 is 17.6 Å². The maximum Gasteiger partial charge on any atom is 0.194 e. The molecule has 0 spiro atoms. The molecule has 1 aromatic carbocycles. The second-order valence-corrected chi connectivity index (χ2v) is 7.47. The lowest BCUT2D eigenvalue weighted by Gasteiger charge is -2.36. The van der Waals surface area contributed by atoms with E-state index in [1.165, 1.54) is 5.56 Å². The maximum atomic E-state index is 6.10. The van der Waals surface area contributed by atoms with Crippen LogP contribution < -0.4 is 5.32 Å². The number of unbranched alkanes of at least 4 members (excludes halogenated alkanes) is 1. The average molecular weight is 404 g/mol. The number of halogens is 1. The monoisotopic (exact) mass is 403 g/mol. The molecule has 3 rings (SSSR count). The van der Waals surface area contributed by atoms with Gasteiger partial charge in [-0.25, -0.2) is 0 Å². The summed E-state index contributed by atoms with van der Waals surface area (Å²) < 4.78 is 2.01. The Morgan fingerprint density at radius 3 is 2.64 bits per heavy atom. The zero-order chi connectivity index (χ0) is 19.6. The molecule has 1 fully saturated rings. The van der Waals surface area contributed by atoms with Gasteiger partial charge in [-0.1, -0.05) is 23.7 Å². The molecule has 8 heteroatoms. The second-order valence-electron chi connectivity index (χ2n) is 7.04. The zero-order valence-electron chi connectivity index (χ0n) is 16.6. The molecule has 2 aromatic rings. The van der Waals surface area contributed by atoms with Crippen LogP contribution in [0.4, 0.5) is 0 Å². The van der Waals surface area contributed by atoms with Crippen molar-refractivity contribution < 1.29 is 0 Å². The van der Waals surface area contributed by atoms with Crippen LogP contribution in [0.3, 0.4) is 0 Å². The lowest BCUT2D eigenvalue weighted by atomic mass is 10.2. The summed E-state index contributed by atoms with van der Waals surface area (Å²) in [5, 5.41) is 11.9. The first-order valence-electron chi connectivity index (χ1n) is 10.1. The van der Waals surface area contributed by atoms with Crippen LogP contribution >= 0.6 is 11.6 Å². The van der Waals surface area contributed by atoms with Gasteiger partial charge in [0.1, 0.15) is 12.7 Å². The van der Waals surface area contributed by atoms with Crippen molar-refractivity contribution in [3.05, 3.63) is 47.5 Å². The van der Waals surface area contributed by atoms with Crippen molar-refractivity contribution in [3.8, 4) is 0 Å². The van der Waals surface area contributed by atoms with Crippen molar-refractivity contribution in [1.82, 2.24) is 29.9 Å². The summed E-state index contributed by atoms with van der Waals surface area (Å²) in [6.07, 6.45) is 5.66. The molecule has 2 heterocycles. The van der Waals surface area contributed by atoms with E-state index >= 15 is 0 Å². The van der Waals surface area contributed by atoms with Gasteiger partial charge >= 0.3 is 0 Å². The molecule has 28 heavy (non-hydrogen) atoms. The van der Waals surface area contributed by atoms with Crippen molar-refractivity contribution in [2.75, 3.05) is 39.3 Å². The lowest BCUT2D eigenvalue weighted by molar-refractivity contribution is 0.172.